The fourth-order valence-electron chi connectivity index (χ4n) is 4.86. The van der Waals surface area contributed by atoms with Gasteiger partial charge in [0.15, 0.2) is 11.5 Å². The third-order valence-corrected chi connectivity index (χ3v) is 7.30. The number of piperidine rings is 1. The quantitative estimate of drug-likeness (QED) is 0.561. The van der Waals surface area contributed by atoms with Crippen molar-refractivity contribution in [3.8, 4) is 5.75 Å². The zero-order valence-electron chi connectivity index (χ0n) is 19.8. The number of benzene rings is 1. The number of aromatic nitrogens is 3. The number of carbonyl (C=O) groups excluding carboxylic acids is 1. The van der Waals surface area contributed by atoms with E-state index in [0.29, 0.717) is 34.8 Å². The smallest absolute Gasteiger partial charge is 0.344 e. The lowest BCUT2D eigenvalue weighted by molar-refractivity contribution is 0.0530. The number of aryl methyl sites for hydroxylation is 3. The van der Waals surface area contributed by atoms with Crippen LogP contribution in [0.2, 0.25) is 0 Å². The monoisotopic (exact) mass is 497 g/mol. The minimum absolute atomic E-state index is 0.0752. The summed E-state index contributed by atoms with van der Waals surface area (Å²) in [5.41, 5.74) is 9.44. The number of ether oxygens (including phenoxy) is 1. The van der Waals surface area contributed by atoms with E-state index in [9.17, 15) is 13.2 Å². The number of hydrogen-bond acceptors (Lipinski definition) is 7. The molecule has 1 atom stereocenters. The third kappa shape index (κ3) is 4.18. The van der Waals surface area contributed by atoms with Crippen molar-refractivity contribution >= 4 is 38.7 Å². The summed E-state index contributed by atoms with van der Waals surface area (Å²) >= 11 is 0. The molecule has 184 valence electrons. The summed E-state index contributed by atoms with van der Waals surface area (Å²) < 4.78 is 37.4. The summed E-state index contributed by atoms with van der Waals surface area (Å²) in [5.74, 6) is 0.204. The van der Waals surface area contributed by atoms with E-state index >= 15 is 0 Å². The minimum Gasteiger partial charge on any atom is -0.491 e. The van der Waals surface area contributed by atoms with Crippen LogP contribution in [0.1, 0.15) is 46.6 Å². The molecule has 11 nitrogen and oxygen atoms in total. The van der Waals surface area contributed by atoms with Crippen molar-refractivity contribution in [1.82, 2.24) is 19.7 Å². The lowest BCUT2D eigenvalue weighted by Gasteiger charge is -2.36. The zero-order chi connectivity index (χ0) is 24.9. The Morgan fingerprint density at radius 3 is 2.89 bits per heavy atom. The van der Waals surface area contributed by atoms with Gasteiger partial charge in [0, 0.05) is 19.3 Å². The maximum atomic E-state index is 13.8. The Kier molecular flexibility index (Phi) is 5.62. The van der Waals surface area contributed by atoms with E-state index in [-0.39, 0.29) is 24.4 Å². The van der Waals surface area contributed by atoms with Crippen molar-refractivity contribution in [2.24, 2.45) is 17.2 Å². The van der Waals surface area contributed by atoms with Gasteiger partial charge in [0.1, 0.15) is 12.4 Å². The summed E-state index contributed by atoms with van der Waals surface area (Å²) in [7, 11) is -2.06. The summed E-state index contributed by atoms with van der Waals surface area (Å²) in [6.45, 7) is 4.60. The largest absolute Gasteiger partial charge is 0.491 e. The molecule has 1 unspecified atom stereocenters. The lowest BCUT2D eigenvalue weighted by atomic mass is 10.00. The molecule has 5 rings (SSSR count). The van der Waals surface area contributed by atoms with Crippen LogP contribution >= 0.6 is 0 Å². The first-order valence-corrected chi connectivity index (χ1v) is 12.8. The van der Waals surface area contributed by atoms with Gasteiger partial charge in [-0.1, -0.05) is 6.07 Å². The van der Waals surface area contributed by atoms with E-state index in [1.165, 1.54) is 0 Å². The fraction of sp³-hybridized carbons (Fsp3) is 0.391. The molecule has 2 aliphatic heterocycles. The van der Waals surface area contributed by atoms with Crippen molar-refractivity contribution in [3.63, 3.8) is 0 Å². The highest BCUT2D eigenvalue weighted by molar-refractivity contribution is 7.91. The Morgan fingerprint density at radius 2 is 2.09 bits per heavy atom. The van der Waals surface area contributed by atoms with Gasteiger partial charge in [0.05, 0.1) is 33.9 Å². The molecule has 0 radical (unpaired) electrons. The Bertz CT molecular complexity index is 1480. The summed E-state index contributed by atoms with van der Waals surface area (Å²) in [4.78, 5) is 20.2. The Labute approximate surface area is 203 Å². The van der Waals surface area contributed by atoms with Crippen LogP contribution in [0.4, 0.5) is 5.69 Å². The van der Waals surface area contributed by atoms with Gasteiger partial charge in [-0.25, -0.2) is 4.98 Å². The van der Waals surface area contributed by atoms with Gasteiger partial charge in [0.2, 0.25) is 0 Å². The van der Waals surface area contributed by atoms with Gasteiger partial charge in [0.25, 0.3) is 5.91 Å². The number of amidine groups is 1. The van der Waals surface area contributed by atoms with Gasteiger partial charge in [-0.15, -0.1) is 4.40 Å². The van der Waals surface area contributed by atoms with Crippen LogP contribution in [0, 0.1) is 13.8 Å². The number of nitrogens with two attached hydrogens (primary N) is 1. The van der Waals surface area contributed by atoms with Gasteiger partial charge in [-0.05, 0) is 51.3 Å². The summed E-state index contributed by atoms with van der Waals surface area (Å²) in [6.07, 6.45) is 2.67. The number of amides is 1. The Morgan fingerprint density at radius 1 is 1.29 bits per heavy atom. The van der Waals surface area contributed by atoms with Gasteiger partial charge < -0.3 is 15.4 Å². The highest BCUT2D eigenvalue weighted by Crippen LogP contribution is 2.32. The van der Waals surface area contributed by atoms with Crippen LogP contribution < -0.4 is 15.2 Å². The predicted octanol–water partition coefficient (Wildman–Crippen LogP) is 2.03. The predicted molar refractivity (Wildman–Crippen MR) is 132 cm³/mol. The summed E-state index contributed by atoms with van der Waals surface area (Å²) in [6, 6.07) is 6.66. The van der Waals surface area contributed by atoms with Crippen molar-refractivity contribution in [1.29, 1.82) is 0 Å². The van der Waals surface area contributed by atoms with E-state index in [1.807, 2.05) is 31.9 Å². The zero-order valence-corrected chi connectivity index (χ0v) is 20.6. The Balaban J connectivity index is 1.43. The van der Waals surface area contributed by atoms with E-state index in [4.69, 9.17) is 10.5 Å². The van der Waals surface area contributed by atoms with E-state index in [1.54, 1.807) is 22.9 Å². The van der Waals surface area contributed by atoms with Gasteiger partial charge >= 0.3 is 10.2 Å². The van der Waals surface area contributed by atoms with Gasteiger partial charge in [-0.2, -0.15) is 13.5 Å². The molecule has 0 aliphatic carbocycles. The van der Waals surface area contributed by atoms with Crippen LogP contribution in [0.3, 0.4) is 0 Å². The third-order valence-electron chi connectivity index (χ3n) is 6.39. The first-order chi connectivity index (χ1) is 16.6. The normalized spacial score (nSPS) is 19.1. The number of fused-ring (bicyclic) bond motifs is 2. The topological polar surface area (TPSA) is 145 Å². The number of nitrogens with zero attached hydrogens (tertiary/aromatic N) is 5. The molecule has 35 heavy (non-hydrogen) atoms. The second-order valence-corrected chi connectivity index (χ2v) is 10.2. The molecule has 1 fully saturated rings. The maximum absolute atomic E-state index is 13.8. The molecule has 4 heterocycles. The first kappa shape index (κ1) is 23.1. The lowest BCUT2D eigenvalue weighted by Crippen LogP contribution is -2.47. The van der Waals surface area contributed by atoms with Crippen molar-refractivity contribution in [3.05, 3.63) is 46.8 Å². The van der Waals surface area contributed by atoms with E-state index in [0.717, 1.165) is 36.0 Å². The molecule has 12 heteroatoms. The molecular weight excluding hydrogens is 470 g/mol. The second-order valence-electron chi connectivity index (χ2n) is 8.91. The van der Waals surface area contributed by atoms with Crippen LogP contribution in [0.15, 0.2) is 28.7 Å². The number of rotatable bonds is 4. The SMILES string of the molecule is Cc1cc(C(=O)N2CCCCC2COc2cccc3c2C(N)=NS(=O)(=O)N3)c2c(C)nn(C)c2n1. The molecule has 0 bridgehead atoms. The number of anilines is 1. The van der Waals surface area contributed by atoms with Crippen LogP contribution in [0.25, 0.3) is 11.0 Å². The number of likely N-dealkylation sites (tertiary alicyclic amines) is 1. The average molecular weight is 498 g/mol. The van der Waals surface area contributed by atoms with Crippen molar-refractivity contribution < 1.29 is 17.9 Å². The van der Waals surface area contributed by atoms with Crippen LogP contribution in [0.5, 0.6) is 5.75 Å². The minimum atomic E-state index is -3.88. The molecule has 2 aromatic heterocycles. The molecule has 0 spiro atoms. The number of carbonyl (C=O) groups is 1. The standard InChI is InChI=1S/C23H27N7O4S/c1-13-11-16(19-14(2)26-29(3)22(19)25-13)23(31)30-10-5-4-7-15(30)12-34-18-9-6-8-17-20(18)21(24)28-35(32,33)27-17/h6,8-9,11,15,27H,4-5,7,10,12H2,1-3H3,(H2,24,28). The molecule has 2 aliphatic rings. The van der Waals surface area contributed by atoms with E-state index in [2.05, 4.69) is 19.2 Å². The maximum Gasteiger partial charge on any atom is 0.344 e. The molecule has 3 N–H and O–H groups in total. The fourth-order valence-corrected chi connectivity index (χ4v) is 5.70. The number of nitrogens with one attached hydrogen (secondary N) is 1. The van der Waals surface area contributed by atoms with Crippen molar-refractivity contribution in [2.45, 2.75) is 39.2 Å². The second kappa shape index (κ2) is 8.52. The number of pyridine rings is 1. The molecular formula is C23H27N7O4S. The molecule has 3 aromatic rings. The highest BCUT2D eigenvalue weighted by Gasteiger charge is 2.31. The molecule has 1 saturated heterocycles. The first-order valence-electron chi connectivity index (χ1n) is 11.4. The van der Waals surface area contributed by atoms with Crippen molar-refractivity contribution in [2.75, 3.05) is 17.9 Å². The van der Waals surface area contributed by atoms with Crippen LogP contribution in [-0.4, -0.2) is 59.0 Å². The van der Waals surface area contributed by atoms with Crippen LogP contribution in [-0.2, 0) is 17.3 Å². The molecule has 0 saturated carbocycles. The molecule has 1 aromatic carbocycles. The highest BCUT2D eigenvalue weighted by atomic mass is 32.2. The van der Waals surface area contributed by atoms with Gasteiger partial charge in [-0.3, -0.25) is 14.2 Å². The van der Waals surface area contributed by atoms with E-state index < -0.39 is 10.2 Å². The number of hydrogen-bond donors (Lipinski definition) is 2. The average Bonchev–Trinajstić information content (AvgIpc) is 3.08. The molecule has 1 amide bonds. The Hall–Kier alpha value is -3.67. The summed E-state index contributed by atoms with van der Waals surface area (Å²) in [5, 5.41) is 5.23.